The van der Waals surface area contributed by atoms with Crippen LogP contribution in [0.3, 0.4) is 0 Å². The number of rotatable bonds is 1. The van der Waals surface area contributed by atoms with Crippen LogP contribution in [0.25, 0.3) is 33.0 Å². The van der Waals surface area contributed by atoms with E-state index in [1.807, 2.05) is 0 Å². The third-order valence-corrected chi connectivity index (χ3v) is 4.00. The fourth-order valence-electron chi connectivity index (χ4n) is 3.19. The summed E-state index contributed by atoms with van der Waals surface area (Å²) < 4.78 is 0. The Hall–Kier alpha value is -2.08. The van der Waals surface area contributed by atoms with E-state index in [9.17, 15) is 0 Å². The second-order valence-corrected chi connectivity index (χ2v) is 4.90. The average molecular weight is 230 g/mol. The van der Waals surface area contributed by atoms with Crippen molar-refractivity contribution in [1.29, 1.82) is 0 Å². The molecule has 0 aliphatic heterocycles. The highest BCUT2D eigenvalue weighted by molar-refractivity contribution is 6.16. The molecule has 3 aromatic carbocycles. The molecule has 0 N–H and O–H groups in total. The molecule has 0 atom stereocenters. The Labute approximate surface area is 107 Å². The molecular formula is C18H14. The summed E-state index contributed by atoms with van der Waals surface area (Å²) in [6, 6.07) is 19.9. The van der Waals surface area contributed by atoms with Crippen LogP contribution >= 0.6 is 0 Å². The van der Waals surface area contributed by atoms with E-state index < -0.39 is 0 Å². The van der Waals surface area contributed by atoms with Crippen molar-refractivity contribution in [2.75, 3.05) is 0 Å². The van der Waals surface area contributed by atoms with Gasteiger partial charge in [0.1, 0.15) is 0 Å². The third kappa shape index (κ3) is 1.10. The van der Waals surface area contributed by atoms with Crippen molar-refractivity contribution in [3.63, 3.8) is 0 Å². The molecular weight excluding hydrogens is 216 g/mol. The van der Waals surface area contributed by atoms with Crippen molar-refractivity contribution in [2.45, 2.75) is 13.3 Å². The van der Waals surface area contributed by atoms with Crippen LogP contribution in [0.15, 0.2) is 54.6 Å². The molecule has 0 nitrogen and oxygen atoms in total. The molecule has 0 heteroatoms. The lowest BCUT2D eigenvalue weighted by Crippen LogP contribution is -1.86. The van der Waals surface area contributed by atoms with Gasteiger partial charge in [0.15, 0.2) is 0 Å². The molecule has 18 heavy (non-hydrogen) atoms. The number of aryl methyl sites for hydroxylation is 1. The normalized spacial score (nSPS) is 11.8. The second kappa shape index (κ2) is 3.46. The molecule has 0 heterocycles. The highest BCUT2D eigenvalue weighted by Gasteiger charge is 2.22. The van der Waals surface area contributed by atoms with E-state index in [4.69, 9.17) is 0 Å². The van der Waals surface area contributed by atoms with Gasteiger partial charge in [-0.15, -0.1) is 0 Å². The zero-order chi connectivity index (χ0) is 12.1. The molecule has 0 saturated heterocycles. The molecule has 0 unspecified atom stereocenters. The first kappa shape index (κ1) is 9.90. The van der Waals surface area contributed by atoms with E-state index in [-0.39, 0.29) is 0 Å². The monoisotopic (exact) mass is 230 g/mol. The van der Waals surface area contributed by atoms with E-state index in [0.29, 0.717) is 0 Å². The standard InChI is InChI=1S/C18H14/c1-2-12-10-11-13-6-5-9-16-14-7-3-4-8-15(14)17(12)18(13)16/h3-11H,2H2,1H3. The van der Waals surface area contributed by atoms with Crippen LogP contribution in [0, 0.1) is 0 Å². The molecule has 3 aromatic rings. The van der Waals surface area contributed by atoms with Gasteiger partial charge >= 0.3 is 0 Å². The lowest BCUT2D eigenvalue weighted by Gasteiger charge is -2.07. The van der Waals surface area contributed by atoms with E-state index in [0.717, 1.165) is 6.42 Å². The smallest absolute Gasteiger partial charge is 0.00236 e. The van der Waals surface area contributed by atoms with Gasteiger partial charge in [0, 0.05) is 0 Å². The Balaban J connectivity index is 2.27. The topological polar surface area (TPSA) is 0 Å². The van der Waals surface area contributed by atoms with Crippen molar-refractivity contribution in [3.05, 3.63) is 60.2 Å². The van der Waals surface area contributed by atoms with Gasteiger partial charge < -0.3 is 0 Å². The highest BCUT2D eigenvalue weighted by Crippen LogP contribution is 2.48. The first-order chi connectivity index (χ1) is 8.90. The maximum Gasteiger partial charge on any atom is -0.00236 e. The Morgan fingerprint density at radius 2 is 1.50 bits per heavy atom. The maximum atomic E-state index is 2.28. The quantitative estimate of drug-likeness (QED) is 0.429. The van der Waals surface area contributed by atoms with Gasteiger partial charge in [-0.25, -0.2) is 0 Å². The zero-order valence-corrected chi connectivity index (χ0v) is 10.4. The Kier molecular flexibility index (Phi) is 1.90. The van der Waals surface area contributed by atoms with Crippen LogP contribution in [0.5, 0.6) is 0 Å². The van der Waals surface area contributed by atoms with Crippen LogP contribution in [0.2, 0.25) is 0 Å². The van der Waals surface area contributed by atoms with Crippen LogP contribution in [0.1, 0.15) is 12.5 Å². The fourth-order valence-corrected chi connectivity index (χ4v) is 3.19. The Bertz CT molecular complexity index is 766. The largest absolute Gasteiger partial charge is 0.0616 e. The van der Waals surface area contributed by atoms with E-state index in [1.165, 1.54) is 38.6 Å². The highest BCUT2D eigenvalue weighted by atomic mass is 14.2. The molecule has 1 aliphatic rings. The van der Waals surface area contributed by atoms with Crippen molar-refractivity contribution in [2.24, 2.45) is 0 Å². The molecule has 0 spiro atoms. The summed E-state index contributed by atoms with van der Waals surface area (Å²) in [5.74, 6) is 0. The van der Waals surface area contributed by atoms with Crippen molar-refractivity contribution < 1.29 is 0 Å². The summed E-state index contributed by atoms with van der Waals surface area (Å²) in [6.45, 7) is 2.24. The Morgan fingerprint density at radius 3 is 2.33 bits per heavy atom. The zero-order valence-electron chi connectivity index (χ0n) is 10.4. The van der Waals surface area contributed by atoms with Crippen LogP contribution in [-0.2, 0) is 6.42 Å². The minimum Gasteiger partial charge on any atom is -0.0616 e. The van der Waals surface area contributed by atoms with Gasteiger partial charge in [-0.3, -0.25) is 0 Å². The molecule has 0 fully saturated rings. The van der Waals surface area contributed by atoms with Gasteiger partial charge in [-0.2, -0.15) is 0 Å². The lowest BCUT2D eigenvalue weighted by atomic mass is 9.96. The molecule has 0 saturated carbocycles. The summed E-state index contributed by atoms with van der Waals surface area (Å²) in [6.07, 6.45) is 1.09. The van der Waals surface area contributed by atoms with Gasteiger partial charge in [0.25, 0.3) is 0 Å². The lowest BCUT2D eigenvalue weighted by molar-refractivity contribution is 1.15. The summed E-state index contributed by atoms with van der Waals surface area (Å²) in [5.41, 5.74) is 7.11. The summed E-state index contributed by atoms with van der Waals surface area (Å²) in [5, 5.41) is 2.80. The number of fused-ring (bicyclic) bond motifs is 3. The Morgan fingerprint density at radius 1 is 0.722 bits per heavy atom. The first-order valence-corrected chi connectivity index (χ1v) is 6.54. The summed E-state index contributed by atoms with van der Waals surface area (Å²) in [7, 11) is 0. The second-order valence-electron chi connectivity index (χ2n) is 4.90. The minimum absolute atomic E-state index is 1.09. The average Bonchev–Trinajstić information content (AvgIpc) is 2.77. The van der Waals surface area contributed by atoms with Crippen molar-refractivity contribution in [1.82, 2.24) is 0 Å². The first-order valence-electron chi connectivity index (χ1n) is 6.54. The minimum atomic E-state index is 1.09. The molecule has 0 bridgehead atoms. The number of hydrogen-bond donors (Lipinski definition) is 0. The van der Waals surface area contributed by atoms with Gasteiger partial charge in [0.2, 0.25) is 0 Å². The molecule has 4 rings (SSSR count). The van der Waals surface area contributed by atoms with Gasteiger partial charge in [-0.05, 0) is 45.0 Å². The summed E-state index contributed by atoms with van der Waals surface area (Å²) >= 11 is 0. The van der Waals surface area contributed by atoms with Gasteiger partial charge in [-0.1, -0.05) is 61.5 Å². The predicted octanol–water partition coefficient (Wildman–Crippen LogP) is 5.05. The van der Waals surface area contributed by atoms with E-state index in [1.54, 1.807) is 0 Å². The predicted molar refractivity (Wildman–Crippen MR) is 77.8 cm³/mol. The van der Waals surface area contributed by atoms with Crippen molar-refractivity contribution >= 4 is 10.8 Å². The van der Waals surface area contributed by atoms with Crippen LogP contribution < -0.4 is 0 Å². The molecule has 1 aliphatic carbocycles. The summed E-state index contributed by atoms with van der Waals surface area (Å²) in [4.78, 5) is 0. The SMILES string of the molecule is CCc1ccc2cccc3c2c1-c1ccccc1-3. The maximum absolute atomic E-state index is 2.28. The van der Waals surface area contributed by atoms with E-state index in [2.05, 4.69) is 61.5 Å². The van der Waals surface area contributed by atoms with Gasteiger partial charge in [0.05, 0.1) is 0 Å². The van der Waals surface area contributed by atoms with Crippen LogP contribution in [-0.4, -0.2) is 0 Å². The number of hydrogen-bond acceptors (Lipinski definition) is 0. The molecule has 0 amide bonds. The molecule has 0 aromatic heterocycles. The third-order valence-electron chi connectivity index (χ3n) is 4.00. The van der Waals surface area contributed by atoms with E-state index >= 15 is 0 Å². The molecule has 0 radical (unpaired) electrons. The number of benzene rings is 3. The molecule has 86 valence electrons. The van der Waals surface area contributed by atoms with Crippen molar-refractivity contribution in [3.8, 4) is 22.3 Å². The van der Waals surface area contributed by atoms with Crippen LogP contribution in [0.4, 0.5) is 0 Å². The fraction of sp³-hybridized carbons (Fsp3) is 0.111.